The van der Waals surface area contributed by atoms with E-state index in [4.69, 9.17) is 14.2 Å². The highest BCUT2D eigenvalue weighted by Gasteiger charge is 2.31. The molecule has 13 heteroatoms. The summed E-state index contributed by atoms with van der Waals surface area (Å²) < 4.78 is 17.1. The van der Waals surface area contributed by atoms with Gasteiger partial charge in [-0.2, -0.15) is 0 Å². The maximum Gasteiger partial charge on any atom is 0.408 e. The third-order valence-electron chi connectivity index (χ3n) is 7.99. The summed E-state index contributed by atoms with van der Waals surface area (Å²) in [4.78, 5) is 66.2. The highest BCUT2D eigenvalue weighted by Crippen LogP contribution is 2.16. The van der Waals surface area contributed by atoms with E-state index >= 15 is 0 Å². The molecule has 0 radical (unpaired) electrons. The molecule has 0 aliphatic carbocycles. The van der Waals surface area contributed by atoms with Gasteiger partial charge in [-0.15, -0.1) is 0 Å². The highest BCUT2D eigenvalue weighted by atomic mass is 16.6. The summed E-state index contributed by atoms with van der Waals surface area (Å²) in [5.41, 5.74) is 1.72. The van der Waals surface area contributed by atoms with Crippen LogP contribution in [0.2, 0.25) is 0 Å². The van der Waals surface area contributed by atoms with Crippen molar-refractivity contribution in [3.05, 3.63) is 102 Å². The van der Waals surface area contributed by atoms with Gasteiger partial charge < -0.3 is 40.8 Å². The van der Waals surface area contributed by atoms with E-state index in [0.29, 0.717) is 24.3 Å². The van der Waals surface area contributed by atoms with Crippen molar-refractivity contribution in [1.29, 1.82) is 0 Å². The van der Waals surface area contributed by atoms with Gasteiger partial charge in [0.1, 0.15) is 42.1 Å². The van der Waals surface area contributed by atoms with Crippen LogP contribution in [0.15, 0.2) is 84.9 Å². The molecule has 0 aliphatic rings. The van der Waals surface area contributed by atoms with Crippen LogP contribution in [0.1, 0.15) is 64.7 Å². The van der Waals surface area contributed by atoms with E-state index < -0.39 is 53.6 Å². The van der Waals surface area contributed by atoms with Crippen LogP contribution in [-0.4, -0.2) is 73.1 Å². The fraction of sp³-hybridized carbons (Fsp3) is 0.439. The molecular weight excluding hydrogens is 690 g/mol. The van der Waals surface area contributed by atoms with Crippen molar-refractivity contribution >= 4 is 29.7 Å². The molecule has 0 bridgehead atoms. The first-order valence-corrected chi connectivity index (χ1v) is 18.1. The Balaban J connectivity index is 1.81. The average molecular weight is 746 g/mol. The minimum absolute atomic E-state index is 0.0309. The van der Waals surface area contributed by atoms with Gasteiger partial charge in [-0.1, -0.05) is 86.6 Å². The number of amides is 5. The third kappa shape index (κ3) is 15.7. The number of hydrogen-bond donors (Lipinski definition) is 5. The van der Waals surface area contributed by atoms with Gasteiger partial charge in [0.05, 0.1) is 13.2 Å². The molecule has 0 aromatic heterocycles. The van der Waals surface area contributed by atoms with E-state index in [2.05, 4.69) is 26.6 Å². The summed E-state index contributed by atoms with van der Waals surface area (Å²) in [5.74, 6) is -1.55. The number of likely N-dealkylation sites (N-methyl/N-ethyl adjacent to an activating group) is 1. The fourth-order valence-electron chi connectivity index (χ4n) is 5.23. The van der Waals surface area contributed by atoms with Gasteiger partial charge in [0.25, 0.3) is 0 Å². The van der Waals surface area contributed by atoms with Gasteiger partial charge in [-0.25, -0.2) is 4.79 Å². The lowest BCUT2D eigenvalue weighted by Crippen LogP contribution is -2.58. The standard InChI is InChI=1S/C41H55N5O8/c1-27(2)22-33(37(48)42-7)44-36(47)28(3)43-38(49)34(23-29-18-20-32(21-19-29)53-25-31-16-12-9-13-17-31)45-39(50)35(46-40(51)54-41(4,5)6)26-52-24-30-14-10-8-11-15-30/h8-21,27-28,33-35H,22-26H2,1-7H3,(H,42,48)(H,43,49)(H,44,47)(H,45,50)(H,46,51). The number of alkyl carbamates (subject to hydrolysis) is 1. The molecule has 0 fully saturated rings. The Kier molecular flexibility index (Phi) is 17.0. The Morgan fingerprint density at radius 2 is 1.17 bits per heavy atom. The number of rotatable bonds is 19. The van der Waals surface area contributed by atoms with Gasteiger partial charge in [-0.3, -0.25) is 19.2 Å². The van der Waals surface area contributed by atoms with Crippen molar-refractivity contribution in [1.82, 2.24) is 26.6 Å². The van der Waals surface area contributed by atoms with Crippen LogP contribution in [0.4, 0.5) is 4.79 Å². The quantitative estimate of drug-likeness (QED) is 0.122. The summed E-state index contributed by atoms with van der Waals surface area (Å²) in [6.45, 7) is 10.8. The SMILES string of the molecule is CNC(=O)C(CC(C)C)NC(=O)C(C)NC(=O)C(Cc1ccc(OCc2ccccc2)cc1)NC(=O)C(COCc1ccccc1)NC(=O)OC(C)(C)C. The molecule has 0 spiro atoms. The largest absolute Gasteiger partial charge is 0.489 e. The minimum atomic E-state index is -1.24. The molecule has 3 aromatic carbocycles. The second kappa shape index (κ2) is 21.3. The van der Waals surface area contributed by atoms with Crippen molar-refractivity contribution < 1.29 is 38.2 Å². The first kappa shape index (κ1) is 43.0. The molecule has 0 aliphatic heterocycles. The number of carbonyl (C=O) groups excluding carboxylic acids is 5. The lowest BCUT2D eigenvalue weighted by atomic mass is 10.0. The maximum atomic E-state index is 13.9. The molecule has 5 amide bonds. The maximum absolute atomic E-state index is 13.9. The second-order valence-electron chi connectivity index (χ2n) is 14.4. The van der Waals surface area contributed by atoms with Gasteiger partial charge in [-0.05, 0) is 68.9 Å². The van der Waals surface area contributed by atoms with Crippen molar-refractivity contribution in [2.75, 3.05) is 13.7 Å². The van der Waals surface area contributed by atoms with Crippen LogP contribution in [0.5, 0.6) is 5.75 Å². The molecule has 13 nitrogen and oxygen atoms in total. The van der Waals surface area contributed by atoms with E-state index in [9.17, 15) is 24.0 Å². The van der Waals surface area contributed by atoms with Gasteiger partial charge in [0.2, 0.25) is 23.6 Å². The van der Waals surface area contributed by atoms with Crippen LogP contribution in [0.3, 0.4) is 0 Å². The molecule has 4 atom stereocenters. The lowest BCUT2D eigenvalue weighted by Gasteiger charge is -2.26. The molecule has 3 rings (SSSR count). The third-order valence-corrected chi connectivity index (χ3v) is 7.99. The second-order valence-corrected chi connectivity index (χ2v) is 14.4. The first-order chi connectivity index (χ1) is 25.6. The predicted octanol–water partition coefficient (Wildman–Crippen LogP) is 4.18. The molecule has 54 heavy (non-hydrogen) atoms. The molecule has 0 heterocycles. The Bertz CT molecular complexity index is 1650. The number of hydrogen-bond acceptors (Lipinski definition) is 8. The predicted molar refractivity (Wildman–Crippen MR) is 205 cm³/mol. The van der Waals surface area contributed by atoms with Gasteiger partial charge in [0.15, 0.2) is 0 Å². The Hall–Kier alpha value is -5.43. The smallest absolute Gasteiger partial charge is 0.408 e. The summed E-state index contributed by atoms with van der Waals surface area (Å²) >= 11 is 0. The van der Waals surface area contributed by atoms with Crippen LogP contribution < -0.4 is 31.3 Å². The summed E-state index contributed by atoms with van der Waals surface area (Å²) in [5, 5.41) is 13.3. The van der Waals surface area contributed by atoms with Crippen LogP contribution in [0.25, 0.3) is 0 Å². The molecule has 0 saturated carbocycles. The molecule has 0 saturated heterocycles. The molecular formula is C41H55N5O8. The zero-order chi connectivity index (χ0) is 39.7. The molecule has 4 unspecified atom stereocenters. The number of ether oxygens (including phenoxy) is 3. The van der Waals surface area contributed by atoms with E-state index in [1.807, 2.05) is 74.5 Å². The van der Waals surface area contributed by atoms with Crippen molar-refractivity contribution in [3.8, 4) is 5.75 Å². The molecule has 292 valence electrons. The van der Waals surface area contributed by atoms with Crippen LogP contribution in [0, 0.1) is 5.92 Å². The van der Waals surface area contributed by atoms with Crippen molar-refractivity contribution in [2.24, 2.45) is 5.92 Å². The zero-order valence-corrected chi connectivity index (χ0v) is 32.3. The molecule has 3 aromatic rings. The summed E-state index contributed by atoms with van der Waals surface area (Å²) in [6.07, 6.45) is -0.410. The zero-order valence-electron chi connectivity index (χ0n) is 32.3. The Morgan fingerprint density at radius 1 is 0.611 bits per heavy atom. The van der Waals surface area contributed by atoms with Crippen LogP contribution in [-0.2, 0) is 48.3 Å². The van der Waals surface area contributed by atoms with E-state index in [1.54, 1.807) is 45.0 Å². The summed E-state index contributed by atoms with van der Waals surface area (Å²) in [6, 6.07) is 21.8. The monoisotopic (exact) mass is 745 g/mol. The van der Waals surface area contributed by atoms with E-state index in [0.717, 1.165) is 11.1 Å². The Morgan fingerprint density at radius 3 is 1.72 bits per heavy atom. The van der Waals surface area contributed by atoms with Crippen LogP contribution >= 0.6 is 0 Å². The van der Waals surface area contributed by atoms with E-state index in [1.165, 1.54) is 14.0 Å². The molecule has 5 N–H and O–H groups in total. The highest BCUT2D eigenvalue weighted by molar-refractivity contribution is 5.95. The summed E-state index contributed by atoms with van der Waals surface area (Å²) in [7, 11) is 1.49. The topological polar surface area (TPSA) is 173 Å². The number of benzene rings is 3. The minimum Gasteiger partial charge on any atom is -0.489 e. The normalized spacial score (nSPS) is 13.4. The average Bonchev–Trinajstić information content (AvgIpc) is 3.13. The van der Waals surface area contributed by atoms with Crippen molar-refractivity contribution in [3.63, 3.8) is 0 Å². The van der Waals surface area contributed by atoms with Gasteiger partial charge >= 0.3 is 6.09 Å². The van der Waals surface area contributed by atoms with E-state index in [-0.39, 0.29) is 31.5 Å². The number of nitrogens with one attached hydrogen (secondary N) is 5. The first-order valence-electron chi connectivity index (χ1n) is 18.1. The fourth-order valence-corrected chi connectivity index (χ4v) is 5.23. The Labute approximate surface area is 318 Å². The lowest BCUT2D eigenvalue weighted by molar-refractivity contribution is -0.134. The number of carbonyl (C=O) groups is 5. The van der Waals surface area contributed by atoms with Crippen molar-refractivity contribution in [2.45, 2.75) is 97.4 Å². The van der Waals surface area contributed by atoms with Gasteiger partial charge in [0, 0.05) is 13.5 Å².